The van der Waals surface area contributed by atoms with Gasteiger partial charge in [0.15, 0.2) is 0 Å². The van der Waals surface area contributed by atoms with Crippen molar-refractivity contribution in [1.82, 2.24) is 9.97 Å². The topological polar surface area (TPSA) is 84.7 Å². The van der Waals surface area contributed by atoms with Crippen molar-refractivity contribution < 1.29 is 5.11 Å². The van der Waals surface area contributed by atoms with Crippen LogP contribution >= 0.6 is 23.3 Å². The van der Waals surface area contributed by atoms with E-state index in [1.807, 2.05) is 18.2 Å². The number of nitrogens with zero attached hydrogens (tertiary/aromatic N) is 2. The maximum absolute atomic E-state index is 9.85. The third-order valence-electron chi connectivity index (χ3n) is 3.21. The van der Waals surface area contributed by atoms with Gasteiger partial charge in [-0.1, -0.05) is 12.1 Å². The number of thiazole rings is 1. The molecule has 0 spiro atoms. The first-order valence-electron chi connectivity index (χ1n) is 7.06. The second kappa shape index (κ2) is 6.24. The highest BCUT2D eigenvalue weighted by atomic mass is 32.2. The number of hydrogen-bond donors (Lipinski definition) is 3. The summed E-state index contributed by atoms with van der Waals surface area (Å²) < 4.78 is 4.32. The molecule has 0 fully saturated rings. The number of aliphatic hydroxyl groups is 1. The van der Waals surface area contributed by atoms with Gasteiger partial charge < -0.3 is 14.8 Å². The Kier molecular flexibility index (Phi) is 4.31. The van der Waals surface area contributed by atoms with E-state index in [9.17, 15) is 5.11 Å². The smallest absolute Gasteiger partial charge is 0.101 e. The third kappa shape index (κ3) is 3.67. The van der Waals surface area contributed by atoms with E-state index >= 15 is 0 Å². The van der Waals surface area contributed by atoms with Crippen molar-refractivity contribution in [2.75, 3.05) is 4.72 Å². The lowest BCUT2D eigenvalue weighted by atomic mass is 10.1. The lowest BCUT2D eigenvalue weighted by Gasteiger charge is -2.14. The molecule has 3 rings (SSSR count). The highest BCUT2D eigenvalue weighted by molar-refractivity contribution is 8.02. The molecule has 0 aliphatic rings. The molecule has 0 aliphatic heterocycles. The first-order chi connectivity index (χ1) is 11.0. The summed E-state index contributed by atoms with van der Waals surface area (Å²) in [4.78, 5) is 7.48. The van der Waals surface area contributed by atoms with Crippen LogP contribution in [-0.2, 0) is 6.42 Å². The van der Waals surface area contributed by atoms with Gasteiger partial charge in [0, 0.05) is 18.0 Å². The SMILES string of the molecule is CC(C)(O)Cc1ncc(SNc2cccc3c(C#N)c[nH]c23)s1. The lowest BCUT2D eigenvalue weighted by molar-refractivity contribution is 0.0809. The van der Waals surface area contributed by atoms with Crippen molar-refractivity contribution in [2.45, 2.75) is 30.1 Å². The first-order valence-corrected chi connectivity index (χ1v) is 8.70. The molecule has 0 aliphatic carbocycles. The van der Waals surface area contributed by atoms with E-state index in [2.05, 4.69) is 20.8 Å². The zero-order valence-electron chi connectivity index (χ0n) is 12.8. The summed E-state index contributed by atoms with van der Waals surface area (Å²) in [5, 5.41) is 20.8. The quantitative estimate of drug-likeness (QED) is 0.611. The third-order valence-corrected chi connectivity index (χ3v) is 5.13. The molecule has 118 valence electrons. The van der Waals surface area contributed by atoms with E-state index in [4.69, 9.17) is 5.26 Å². The van der Waals surface area contributed by atoms with E-state index in [0.29, 0.717) is 12.0 Å². The second-order valence-electron chi connectivity index (χ2n) is 5.81. The van der Waals surface area contributed by atoms with Gasteiger partial charge in [0.2, 0.25) is 0 Å². The summed E-state index contributed by atoms with van der Waals surface area (Å²) in [5.41, 5.74) is 1.72. The first kappa shape index (κ1) is 15.9. The van der Waals surface area contributed by atoms with E-state index in [1.165, 1.54) is 11.9 Å². The predicted octanol–water partition coefficient (Wildman–Crippen LogP) is 3.93. The van der Waals surface area contributed by atoms with Crippen LogP contribution in [0.3, 0.4) is 0 Å². The van der Waals surface area contributed by atoms with Crippen LogP contribution in [0.25, 0.3) is 10.9 Å². The van der Waals surface area contributed by atoms with Gasteiger partial charge in [-0.15, -0.1) is 11.3 Å². The number of nitrogens with one attached hydrogen (secondary N) is 2. The highest BCUT2D eigenvalue weighted by Gasteiger charge is 2.16. The number of anilines is 1. The number of fused-ring (bicyclic) bond motifs is 1. The monoisotopic (exact) mass is 344 g/mol. The minimum Gasteiger partial charge on any atom is -0.390 e. The van der Waals surface area contributed by atoms with E-state index < -0.39 is 5.60 Å². The summed E-state index contributed by atoms with van der Waals surface area (Å²) >= 11 is 3.03. The molecule has 23 heavy (non-hydrogen) atoms. The fraction of sp³-hybridized carbons (Fsp3) is 0.250. The number of H-pyrrole nitrogens is 1. The van der Waals surface area contributed by atoms with E-state index in [0.717, 1.165) is 25.8 Å². The van der Waals surface area contributed by atoms with Gasteiger partial charge in [0.05, 0.1) is 33.6 Å². The molecule has 0 amide bonds. The fourth-order valence-electron chi connectivity index (χ4n) is 2.23. The van der Waals surface area contributed by atoms with Gasteiger partial charge in [-0.3, -0.25) is 0 Å². The Morgan fingerprint density at radius 2 is 2.30 bits per heavy atom. The second-order valence-corrected chi connectivity index (χ2v) is 8.03. The summed E-state index contributed by atoms with van der Waals surface area (Å²) in [7, 11) is 0. The van der Waals surface area contributed by atoms with E-state index in [1.54, 1.807) is 37.6 Å². The maximum Gasteiger partial charge on any atom is 0.101 e. The number of hydrogen-bond acceptors (Lipinski definition) is 6. The number of benzene rings is 1. The van der Waals surface area contributed by atoms with Gasteiger partial charge >= 0.3 is 0 Å². The van der Waals surface area contributed by atoms with Crippen LogP contribution in [0, 0.1) is 11.3 Å². The molecule has 3 N–H and O–H groups in total. The zero-order valence-corrected chi connectivity index (χ0v) is 14.4. The molecule has 0 saturated carbocycles. The summed E-state index contributed by atoms with van der Waals surface area (Å²) in [6.45, 7) is 3.55. The standard InChI is InChI=1S/C16H16N4OS2/c1-16(2,21)6-13-18-9-14(22-13)23-20-12-5-3-4-11-10(7-17)8-19-15(11)12/h3-5,8-9,19-21H,6H2,1-2H3. The Labute approximate surface area is 142 Å². The lowest BCUT2D eigenvalue weighted by Crippen LogP contribution is -2.21. The average molecular weight is 344 g/mol. The number of nitriles is 1. The van der Waals surface area contributed by atoms with Gasteiger partial charge in [-0.2, -0.15) is 5.26 Å². The summed E-state index contributed by atoms with van der Waals surface area (Å²) in [6.07, 6.45) is 4.06. The fourth-order valence-corrected chi connectivity index (χ4v) is 4.16. The van der Waals surface area contributed by atoms with Crippen molar-refractivity contribution in [1.29, 1.82) is 5.26 Å². The van der Waals surface area contributed by atoms with Gasteiger partial charge in [-0.25, -0.2) is 4.98 Å². The molecule has 0 saturated heterocycles. The minimum atomic E-state index is -0.753. The zero-order chi connectivity index (χ0) is 16.4. The van der Waals surface area contributed by atoms with Crippen LogP contribution in [0.2, 0.25) is 0 Å². The van der Waals surface area contributed by atoms with Gasteiger partial charge in [0.1, 0.15) is 10.3 Å². The summed E-state index contributed by atoms with van der Waals surface area (Å²) in [5.74, 6) is 0. The van der Waals surface area contributed by atoms with Gasteiger partial charge in [-0.05, 0) is 31.9 Å². The average Bonchev–Trinajstić information content (AvgIpc) is 3.09. The Balaban J connectivity index is 1.74. The molecule has 0 atom stereocenters. The molecule has 7 heteroatoms. The Bertz CT molecular complexity index is 870. The van der Waals surface area contributed by atoms with Crippen molar-refractivity contribution in [3.8, 4) is 6.07 Å². The molecule has 2 heterocycles. The number of para-hydroxylation sites is 1. The number of aromatic nitrogens is 2. The van der Waals surface area contributed by atoms with Crippen LogP contribution < -0.4 is 4.72 Å². The molecule has 0 radical (unpaired) electrons. The maximum atomic E-state index is 9.85. The van der Waals surface area contributed by atoms with Gasteiger partial charge in [0.25, 0.3) is 0 Å². The van der Waals surface area contributed by atoms with Crippen LogP contribution in [0.5, 0.6) is 0 Å². The van der Waals surface area contributed by atoms with Crippen molar-refractivity contribution in [2.24, 2.45) is 0 Å². The van der Waals surface area contributed by atoms with Crippen molar-refractivity contribution in [3.63, 3.8) is 0 Å². The molecular formula is C16H16N4OS2. The van der Waals surface area contributed by atoms with Crippen LogP contribution in [0.1, 0.15) is 24.4 Å². The molecule has 2 aromatic heterocycles. The Morgan fingerprint density at radius 1 is 1.48 bits per heavy atom. The highest BCUT2D eigenvalue weighted by Crippen LogP contribution is 2.31. The Morgan fingerprint density at radius 3 is 3.04 bits per heavy atom. The number of rotatable bonds is 5. The van der Waals surface area contributed by atoms with Crippen molar-refractivity contribution >= 4 is 39.9 Å². The van der Waals surface area contributed by atoms with E-state index in [-0.39, 0.29) is 0 Å². The summed E-state index contributed by atoms with van der Waals surface area (Å²) in [6, 6.07) is 7.99. The number of aromatic amines is 1. The molecule has 5 nitrogen and oxygen atoms in total. The normalized spacial score (nSPS) is 11.6. The van der Waals surface area contributed by atoms with Crippen LogP contribution in [0.4, 0.5) is 5.69 Å². The molecule has 1 aromatic carbocycles. The Hall–Kier alpha value is -2.01. The van der Waals surface area contributed by atoms with Crippen LogP contribution in [-0.4, -0.2) is 20.7 Å². The minimum absolute atomic E-state index is 0.538. The predicted molar refractivity (Wildman–Crippen MR) is 94.6 cm³/mol. The molecule has 0 bridgehead atoms. The molecule has 3 aromatic rings. The van der Waals surface area contributed by atoms with Crippen molar-refractivity contribution in [3.05, 3.63) is 41.2 Å². The van der Waals surface area contributed by atoms with Crippen LogP contribution in [0.15, 0.2) is 34.8 Å². The molecular weight excluding hydrogens is 328 g/mol. The molecule has 0 unspecified atom stereocenters. The largest absolute Gasteiger partial charge is 0.390 e.